The second kappa shape index (κ2) is 4.98. The van der Waals surface area contributed by atoms with Crippen LogP contribution in [0.5, 0.6) is 0 Å². The quantitative estimate of drug-likeness (QED) is 0.848. The Kier molecular flexibility index (Phi) is 3.62. The largest absolute Gasteiger partial charge is 0.385 e. The van der Waals surface area contributed by atoms with Crippen LogP contribution in [0.1, 0.15) is 37.3 Å². The van der Waals surface area contributed by atoms with Gasteiger partial charge in [-0.25, -0.2) is 0 Å². The smallest absolute Gasteiger partial charge is 0.0940 e. The fraction of sp³-hybridized carbons (Fsp3) is 0.571. The molecule has 1 aliphatic rings. The molecule has 2 nitrogen and oxygen atoms in total. The molecule has 0 aromatic heterocycles. The third-order valence-corrected chi connectivity index (χ3v) is 3.35. The standard InChI is InChI=1S/C14H20O2/c1-2-3-12-4-6-13(7-5-12)14(15)8-10-16-11-9-14/h4-7,15H,2-3,8-11H2,1H3. The van der Waals surface area contributed by atoms with Crippen LogP contribution in [0.25, 0.3) is 0 Å². The minimum absolute atomic E-state index is 0.660. The Morgan fingerprint density at radius 1 is 1.19 bits per heavy atom. The molecule has 1 fully saturated rings. The van der Waals surface area contributed by atoms with E-state index >= 15 is 0 Å². The summed E-state index contributed by atoms with van der Waals surface area (Å²) in [6.07, 6.45) is 3.69. The highest BCUT2D eigenvalue weighted by Crippen LogP contribution is 2.31. The maximum Gasteiger partial charge on any atom is 0.0940 e. The molecule has 1 saturated heterocycles. The molecular weight excluding hydrogens is 200 g/mol. The van der Waals surface area contributed by atoms with Crippen molar-refractivity contribution in [3.05, 3.63) is 35.4 Å². The predicted octanol–water partition coefficient (Wildman–Crippen LogP) is 2.64. The SMILES string of the molecule is CCCc1ccc(C2(O)CCOCC2)cc1. The second-order valence-electron chi connectivity index (χ2n) is 4.59. The molecule has 0 unspecified atom stereocenters. The van der Waals surface area contributed by atoms with Gasteiger partial charge in [0.05, 0.1) is 5.60 Å². The molecule has 0 atom stereocenters. The Morgan fingerprint density at radius 2 is 1.81 bits per heavy atom. The summed E-state index contributed by atoms with van der Waals surface area (Å²) >= 11 is 0. The first kappa shape index (κ1) is 11.6. The van der Waals surface area contributed by atoms with Crippen molar-refractivity contribution in [2.45, 2.75) is 38.2 Å². The summed E-state index contributed by atoms with van der Waals surface area (Å²) in [5.41, 5.74) is 1.72. The van der Waals surface area contributed by atoms with Crippen molar-refractivity contribution in [2.75, 3.05) is 13.2 Å². The maximum absolute atomic E-state index is 10.5. The van der Waals surface area contributed by atoms with Gasteiger partial charge in [0.25, 0.3) is 0 Å². The first-order chi connectivity index (χ1) is 7.74. The van der Waals surface area contributed by atoms with Crippen LogP contribution in [-0.4, -0.2) is 18.3 Å². The van der Waals surface area contributed by atoms with E-state index in [0.29, 0.717) is 26.1 Å². The third-order valence-electron chi connectivity index (χ3n) is 3.35. The Hall–Kier alpha value is -0.860. The fourth-order valence-electron chi connectivity index (χ4n) is 2.27. The lowest BCUT2D eigenvalue weighted by atomic mass is 9.86. The Balaban J connectivity index is 2.13. The van der Waals surface area contributed by atoms with Crippen molar-refractivity contribution in [1.82, 2.24) is 0 Å². The number of benzene rings is 1. The summed E-state index contributed by atoms with van der Waals surface area (Å²) in [5, 5.41) is 10.5. The Bertz CT molecular complexity index is 323. The molecule has 2 rings (SSSR count). The minimum atomic E-state index is -0.664. The zero-order valence-corrected chi connectivity index (χ0v) is 9.91. The van der Waals surface area contributed by atoms with Crippen LogP contribution < -0.4 is 0 Å². The van der Waals surface area contributed by atoms with Crippen molar-refractivity contribution in [2.24, 2.45) is 0 Å². The highest BCUT2D eigenvalue weighted by Gasteiger charge is 2.31. The number of hydrogen-bond donors (Lipinski definition) is 1. The molecule has 1 aromatic rings. The topological polar surface area (TPSA) is 29.5 Å². The molecule has 0 aliphatic carbocycles. The van der Waals surface area contributed by atoms with E-state index in [-0.39, 0.29) is 0 Å². The molecule has 2 heteroatoms. The normalized spacial score (nSPS) is 19.6. The van der Waals surface area contributed by atoms with E-state index in [2.05, 4.69) is 31.2 Å². The summed E-state index contributed by atoms with van der Waals surface area (Å²) in [6.45, 7) is 3.50. The zero-order chi connectivity index (χ0) is 11.4. The molecule has 1 aliphatic heterocycles. The van der Waals surface area contributed by atoms with Gasteiger partial charge in [-0.05, 0) is 17.5 Å². The molecule has 0 radical (unpaired) electrons. The molecule has 0 amide bonds. The highest BCUT2D eigenvalue weighted by molar-refractivity contribution is 5.27. The van der Waals surface area contributed by atoms with Gasteiger partial charge in [0.15, 0.2) is 0 Å². The van der Waals surface area contributed by atoms with Crippen LogP contribution in [0, 0.1) is 0 Å². The van der Waals surface area contributed by atoms with Crippen molar-refractivity contribution >= 4 is 0 Å². The minimum Gasteiger partial charge on any atom is -0.385 e. The van der Waals surface area contributed by atoms with E-state index in [9.17, 15) is 5.11 Å². The lowest BCUT2D eigenvalue weighted by Crippen LogP contribution is -2.33. The van der Waals surface area contributed by atoms with Gasteiger partial charge in [0.1, 0.15) is 0 Å². The van der Waals surface area contributed by atoms with Gasteiger partial charge in [0.2, 0.25) is 0 Å². The molecule has 1 N–H and O–H groups in total. The number of hydrogen-bond acceptors (Lipinski definition) is 2. The van der Waals surface area contributed by atoms with E-state index in [1.807, 2.05) is 0 Å². The third kappa shape index (κ3) is 2.45. The van der Waals surface area contributed by atoms with E-state index in [1.54, 1.807) is 0 Å². The predicted molar refractivity (Wildman–Crippen MR) is 64.4 cm³/mol. The molecule has 16 heavy (non-hydrogen) atoms. The number of rotatable bonds is 3. The van der Waals surface area contributed by atoms with Gasteiger partial charge < -0.3 is 9.84 Å². The van der Waals surface area contributed by atoms with Crippen LogP contribution in [0.2, 0.25) is 0 Å². The molecule has 0 saturated carbocycles. The van der Waals surface area contributed by atoms with E-state index in [4.69, 9.17) is 4.74 Å². The highest BCUT2D eigenvalue weighted by atomic mass is 16.5. The van der Waals surface area contributed by atoms with Gasteiger partial charge in [-0.15, -0.1) is 0 Å². The monoisotopic (exact) mass is 220 g/mol. The van der Waals surface area contributed by atoms with Gasteiger partial charge >= 0.3 is 0 Å². The van der Waals surface area contributed by atoms with Crippen LogP contribution in [0.15, 0.2) is 24.3 Å². The molecule has 1 heterocycles. The average molecular weight is 220 g/mol. The average Bonchev–Trinajstić information content (AvgIpc) is 2.31. The second-order valence-corrected chi connectivity index (χ2v) is 4.59. The lowest BCUT2D eigenvalue weighted by molar-refractivity contribution is -0.0679. The fourth-order valence-corrected chi connectivity index (χ4v) is 2.27. The first-order valence-electron chi connectivity index (χ1n) is 6.14. The summed E-state index contributed by atoms with van der Waals surface area (Å²) in [5.74, 6) is 0. The molecule has 0 spiro atoms. The van der Waals surface area contributed by atoms with Crippen LogP contribution in [-0.2, 0) is 16.8 Å². The van der Waals surface area contributed by atoms with E-state index < -0.39 is 5.60 Å². The summed E-state index contributed by atoms with van der Waals surface area (Å²) in [7, 11) is 0. The Morgan fingerprint density at radius 3 is 2.38 bits per heavy atom. The molecule has 88 valence electrons. The van der Waals surface area contributed by atoms with Gasteiger partial charge in [-0.1, -0.05) is 37.6 Å². The van der Waals surface area contributed by atoms with Crippen molar-refractivity contribution in [3.63, 3.8) is 0 Å². The van der Waals surface area contributed by atoms with Gasteiger partial charge in [-0.3, -0.25) is 0 Å². The van der Waals surface area contributed by atoms with Crippen molar-refractivity contribution in [1.29, 1.82) is 0 Å². The van der Waals surface area contributed by atoms with Gasteiger partial charge in [0, 0.05) is 26.1 Å². The van der Waals surface area contributed by atoms with Crippen LogP contribution in [0.3, 0.4) is 0 Å². The summed E-state index contributed by atoms with van der Waals surface area (Å²) < 4.78 is 5.29. The number of aryl methyl sites for hydroxylation is 1. The van der Waals surface area contributed by atoms with E-state index in [1.165, 1.54) is 5.56 Å². The lowest BCUT2D eigenvalue weighted by Gasteiger charge is -2.32. The van der Waals surface area contributed by atoms with Crippen molar-refractivity contribution < 1.29 is 9.84 Å². The molecule has 0 bridgehead atoms. The summed E-state index contributed by atoms with van der Waals surface area (Å²) in [4.78, 5) is 0. The molecule has 1 aromatic carbocycles. The van der Waals surface area contributed by atoms with Crippen LogP contribution in [0.4, 0.5) is 0 Å². The number of aliphatic hydroxyl groups is 1. The zero-order valence-electron chi connectivity index (χ0n) is 9.91. The maximum atomic E-state index is 10.5. The van der Waals surface area contributed by atoms with Crippen molar-refractivity contribution in [3.8, 4) is 0 Å². The van der Waals surface area contributed by atoms with Gasteiger partial charge in [-0.2, -0.15) is 0 Å². The first-order valence-corrected chi connectivity index (χ1v) is 6.14. The Labute approximate surface area is 97.3 Å². The van der Waals surface area contributed by atoms with E-state index in [0.717, 1.165) is 18.4 Å². The van der Waals surface area contributed by atoms with Crippen LogP contribution >= 0.6 is 0 Å². The number of ether oxygens (including phenoxy) is 1. The molecular formula is C14H20O2. The summed E-state index contributed by atoms with van der Waals surface area (Å²) in [6, 6.07) is 8.39.